The van der Waals surface area contributed by atoms with E-state index in [9.17, 15) is 0 Å². The molecule has 5 nitrogen and oxygen atoms in total. The molecule has 64 heavy (non-hydrogen) atoms. The molecular weight excluding hydrogens is 781 g/mol. The summed E-state index contributed by atoms with van der Waals surface area (Å²) in [6, 6.07) is 64.4. The number of hydrogen-bond acceptors (Lipinski definition) is 4. The van der Waals surface area contributed by atoms with Crippen LogP contribution in [-0.2, 0) is 10.8 Å². The summed E-state index contributed by atoms with van der Waals surface area (Å²) in [6.07, 6.45) is 0. The lowest BCUT2D eigenvalue weighted by molar-refractivity contribution is 0.557. The second kappa shape index (κ2) is 15.0. The van der Waals surface area contributed by atoms with Gasteiger partial charge in [0.15, 0.2) is 11.6 Å². The molecular formula is C59H48N4O. The molecule has 0 N–H and O–H groups in total. The summed E-state index contributed by atoms with van der Waals surface area (Å²) in [5.41, 5.74) is 14.7. The van der Waals surface area contributed by atoms with E-state index in [4.69, 9.17) is 19.4 Å². The van der Waals surface area contributed by atoms with Crippen LogP contribution in [0.3, 0.4) is 0 Å². The molecule has 11 aromatic rings. The number of para-hydroxylation sites is 1. The van der Waals surface area contributed by atoms with Gasteiger partial charge in [-0.15, -0.1) is 0 Å². The minimum absolute atomic E-state index is 0.171. The Hall–Kier alpha value is -7.63. The van der Waals surface area contributed by atoms with E-state index >= 15 is 0 Å². The first kappa shape index (κ1) is 39.2. The fourth-order valence-corrected chi connectivity index (χ4v) is 9.35. The second-order valence-electron chi connectivity index (χ2n) is 18.9. The lowest BCUT2D eigenvalue weighted by Gasteiger charge is -2.23. The van der Waals surface area contributed by atoms with Crippen LogP contribution in [-0.4, -0.2) is 19.5 Å². The SMILES string of the molecule is CC(C)(C)c1cc(-c2ccccc2)cc2c1oc1c(C(C)(C)C)cc(-c3ccc4c(c3)c3ccccc3n4-c3nc(-c4ccccc4)nc(-c4ccccc4)n3)c(-c3ccccc3)c12. The normalized spacial score (nSPS) is 12.2. The quantitative estimate of drug-likeness (QED) is 0.168. The minimum atomic E-state index is -0.230. The Bertz CT molecular complexity index is 3480. The summed E-state index contributed by atoms with van der Waals surface area (Å²) in [7, 11) is 0. The molecule has 0 aliphatic carbocycles. The van der Waals surface area contributed by atoms with Crippen LogP contribution in [0.25, 0.3) is 106 Å². The summed E-state index contributed by atoms with van der Waals surface area (Å²) in [4.78, 5) is 15.4. The Labute approximate surface area is 373 Å². The summed E-state index contributed by atoms with van der Waals surface area (Å²) >= 11 is 0. The van der Waals surface area contributed by atoms with E-state index in [1.165, 1.54) is 22.3 Å². The maximum Gasteiger partial charge on any atom is 0.238 e. The second-order valence-corrected chi connectivity index (χ2v) is 18.9. The van der Waals surface area contributed by atoms with Crippen LogP contribution in [0, 0.1) is 0 Å². The van der Waals surface area contributed by atoms with Crippen LogP contribution < -0.4 is 0 Å². The average molecular weight is 829 g/mol. The highest BCUT2D eigenvalue weighted by atomic mass is 16.3. The first-order valence-corrected chi connectivity index (χ1v) is 22.1. The standard InChI is InChI=1S/C59H48N4O/c1-58(2,3)47-35-42(37-21-11-7-12-22-37)34-46-52-51(38-23-13-8-14-24-38)44(36-48(59(4,5)6)54(52)64-53(46)47)41-31-32-50-45(33-41)43-29-19-20-30-49(43)63(50)57-61-55(39-25-15-9-16-26-39)60-56(62-57)40-27-17-10-18-28-40/h7-36H,1-6H3. The number of rotatable bonds is 6. The van der Waals surface area contributed by atoms with Crippen LogP contribution in [0.15, 0.2) is 186 Å². The third kappa shape index (κ3) is 6.67. The van der Waals surface area contributed by atoms with Crippen molar-refractivity contribution in [3.63, 3.8) is 0 Å². The maximum absolute atomic E-state index is 7.25. The van der Waals surface area contributed by atoms with Gasteiger partial charge in [0.05, 0.1) is 11.0 Å². The van der Waals surface area contributed by atoms with Crippen molar-refractivity contribution in [2.45, 2.75) is 52.4 Å². The topological polar surface area (TPSA) is 56.7 Å². The van der Waals surface area contributed by atoms with Crippen LogP contribution in [0.2, 0.25) is 0 Å². The van der Waals surface area contributed by atoms with Crippen molar-refractivity contribution in [2.75, 3.05) is 0 Å². The van der Waals surface area contributed by atoms with Gasteiger partial charge in [-0.05, 0) is 75.0 Å². The number of hydrogen-bond donors (Lipinski definition) is 0. The molecule has 3 aromatic heterocycles. The van der Waals surface area contributed by atoms with Gasteiger partial charge in [0.25, 0.3) is 0 Å². The monoisotopic (exact) mass is 828 g/mol. The molecule has 310 valence electrons. The molecule has 3 heterocycles. The van der Waals surface area contributed by atoms with Crippen molar-refractivity contribution in [3.05, 3.63) is 193 Å². The van der Waals surface area contributed by atoms with Gasteiger partial charge in [-0.1, -0.05) is 187 Å². The van der Waals surface area contributed by atoms with Crippen molar-refractivity contribution in [1.29, 1.82) is 0 Å². The van der Waals surface area contributed by atoms with Crippen LogP contribution >= 0.6 is 0 Å². The van der Waals surface area contributed by atoms with E-state index in [2.05, 4.69) is 192 Å². The van der Waals surface area contributed by atoms with Crippen molar-refractivity contribution >= 4 is 43.7 Å². The maximum atomic E-state index is 7.25. The van der Waals surface area contributed by atoms with Gasteiger partial charge in [-0.25, -0.2) is 4.98 Å². The zero-order chi connectivity index (χ0) is 43.7. The Balaban J connectivity index is 1.22. The molecule has 0 bridgehead atoms. The minimum Gasteiger partial charge on any atom is -0.455 e. The van der Waals surface area contributed by atoms with E-state index in [0.29, 0.717) is 17.6 Å². The first-order valence-electron chi connectivity index (χ1n) is 22.1. The smallest absolute Gasteiger partial charge is 0.238 e. The Morgan fingerprint density at radius 2 is 0.891 bits per heavy atom. The van der Waals surface area contributed by atoms with Crippen LogP contribution in [0.4, 0.5) is 0 Å². The van der Waals surface area contributed by atoms with E-state index in [1.54, 1.807) is 0 Å². The Morgan fingerprint density at radius 1 is 0.391 bits per heavy atom. The summed E-state index contributed by atoms with van der Waals surface area (Å²) in [5.74, 6) is 1.82. The zero-order valence-electron chi connectivity index (χ0n) is 37.0. The van der Waals surface area contributed by atoms with Crippen molar-refractivity contribution < 1.29 is 4.42 Å². The highest BCUT2D eigenvalue weighted by Gasteiger charge is 2.30. The lowest BCUT2D eigenvalue weighted by atomic mass is 9.79. The molecule has 0 fully saturated rings. The molecule has 0 unspecified atom stereocenters. The number of nitrogens with zero attached hydrogens (tertiary/aromatic N) is 4. The first-order chi connectivity index (χ1) is 31.0. The molecule has 0 radical (unpaired) electrons. The Morgan fingerprint density at radius 3 is 1.48 bits per heavy atom. The van der Waals surface area contributed by atoms with Gasteiger partial charge in [0.1, 0.15) is 11.2 Å². The molecule has 0 spiro atoms. The summed E-state index contributed by atoms with van der Waals surface area (Å²) < 4.78 is 9.45. The predicted molar refractivity (Wildman–Crippen MR) is 266 cm³/mol. The third-order valence-electron chi connectivity index (χ3n) is 12.5. The van der Waals surface area contributed by atoms with Crippen molar-refractivity contribution in [2.24, 2.45) is 0 Å². The largest absolute Gasteiger partial charge is 0.455 e. The van der Waals surface area contributed by atoms with Crippen LogP contribution in [0.5, 0.6) is 0 Å². The van der Waals surface area contributed by atoms with Gasteiger partial charge in [-0.3, -0.25) is 4.57 Å². The molecule has 0 aliphatic heterocycles. The van der Waals surface area contributed by atoms with Crippen molar-refractivity contribution in [3.8, 4) is 62.1 Å². The fourth-order valence-electron chi connectivity index (χ4n) is 9.35. The number of furan rings is 1. The van der Waals surface area contributed by atoms with E-state index < -0.39 is 0 Å². The molecule has 0 atom stereocenters. The van der Waals surface area contributed by atoms with Gasteiger partial charge >= 0.3 is 0 Å². The number of aromatic nitrogens is 4. The van der Waals surface area contributed by atoms with E-state index in [1.807, 2.05) is 36.4 Å². The van der Waals surface area contributed by atoms with Gasteiger partial charge in [0, 0.05) is 49.4 Å². The van der Waals surface area contributed by atoms with Gasteiger partial charge < -0.3 is 4.42 Å². The number of fused-ring (bicyclic) bond motifs is 6. The van der Waals surface area contributed by atoms with Crippen LogP contribution in [0.1, 0.15) is 52.7 Å². The molecule has 5 heteroatoms. The lowest BCUT2D eigenvalue weighted by Crippen LogP contribution is -2.12. The molecule has 0 saturated heterocycles. The van der Waals surface area contributed by atoms with Gasteiger partial charge in [0.2, 0.25) is 5.95 Å². The molecule has 0 aliphatic rings. The van der Waals surface area contributed by atoms with E-state index in [0.717, 1.165) is 77.1 Å². The molecule has 0 saturated carbocycles. The molecule has 8 aromatic carbocycles. The highest BCUT2D eigenvalue weighted by Crippen LogP contribution is 2.50. The van der Waals surface area contributed by atoms with Crippen molar-refractivity contribution in [1.82, 2.24) is 19.5 Å². The fraction of sp³-hybridized carbons (Fsp3) is 0.136. The average Bonchev–Trinajstić information content (AvgIpc) is 3.87. The Kier molecular flexibility index (Phi) is 9.21. The highest BCUT2D eigenvalue weighted by molar-refractivity contribution is 6.19. The molecule has 0 amide bonds. The predicted octanol–water partition coefficient (Wildman–Crippen LogP) is 15.8. The van der Waals surface area contributed by atoms with Gasteiger partial charge in [-0.2, -0.15) is 9.97 Å². The third-order valence-corrected chi connectivity index (χ3v) is 12.5. The zero-order valence-corrected chi connectivity index (χ0v) is 37.0. The summed E-state index contributed by atoms with van der Waals surface area (Å²) in [5, 5.41) is 4.51. The summed E-state index contributed by atoms with van der Waals surface area (Å²) in [6.45, 7) is 13.7. The number of benzene rings is 8. The molecule has 11 rings (SSSR count). The van der Waals surface area contributed by atoms with E-state index in [-0.39, 0.29) is 10.8 Å².